The number of thiophene rings is 1. The average Bonchev–Trinajstić information content (AvgIpc) is 3.25. The third kappa shape index (κ3) is 4.20. The van der Waals surface area contributed by atoms with Gasteiger partial charge in [0.2, 0.25) is 5.91 Å². The van der Waals surface area contributed by atoms with E-state index in [2.05, 4.69) is 15.8 Å². The van der Waals surface area contributed by atoms with Gasteiger partial charge < -0.3 is 10.2 Å². The van der Waals surface area contributed by atoms with E-state index < -0.39 is 0 Å². The SMILES string of the molecule is O=C(CNc1cccc(N2CCCC2=O)c1)N/N=C/c1cccs1. The van der Waals surface area contributed by atoms with Gasteiger partial charge in [0.1, 0.15) is 0 Å². The fourth-order valence-electron chi connectivity index (χ4n) is 2.46. The Hall–Kier alpha value is -2.67. The molecule has 1 aromatic carbocycles. The van der Waals surface area contributed by atoms with Crippen LogP contribution in [0.2, 0.25) is 0 Å². The molecule has 1 aliphatic heterocycles. The first kappa shape index (κ1) is 16.2. The topological polar surface area (TPSA) is 73.8 Å². The van der Waals surface area contributed by atoms with Gasteiger partial charge in [-0.2, -0.15) is 5.10 Å². The molecule has 0 spiro atoms. The number of nitrogens with one attached hydrogen (secondary N) is 2. The number of carbonyl (C=O) groups is 2. The Morgan fingerprint density at radius 3 is 3.00 bits per heavy atom. The van der Waals surface area contributed by atoms with Crippen molar-refractivity contribution in [3.63, 3.8) is 0 Å². The van der Waals surface area contributed by atoms with Gasteiger partial charge in [-0.15, -0.1) is 11.3 Å². The van der Waals surface area contributed by atoms with Crippen LogP contribution >= 0.6 is 11.3 Å². The molecular weight excluding hydrogens is 324 g/mol. The predicted molar refractivity (Wildman–Crippen MR) is 96.6 cm³/mol. The summed E-state index contributed by atoms with van der Waals surface area (Å²) in [6, 6.07) is 11.4. The molecule has 0 unspecified atom stereocenters. The number of carbonyl (C=O) groups excluding carboxylic acids is 2. The number of benzene rings is 1. The van der Waals surface area contributed by atoms with Crippen molar-refractivity contribution < 1.29 is 9.59 Å². The predicted octanol–water partition coefficient (Wildman–Crippen LogP) is 2.44. The van der Waals surface area contributed by atoms with Crippen molar-refractivity contribution in [2.24, 2.45) is 5.10 Å². The first-order valence-electron chi connectivity index (χ1n) is 7.72. The van der Waals surface area contributed by atoms with Crippen molar-refractivity contribution >= 4 is 40.7 Å². The minimum absolute atomic E-state index is 0.110. The maximum atomic E-state index is 11.8. The lowest BCUT2D eigenvalue weighted by atomic mass is 10.2. The summed E-state index contributed by atoms with van der Waals surface area (Å²) in [6.45, 7) is 0.861. The first-order chi connectivity index (χ1) is 11.7. The number of hydrogen-bond donors (Lipinski definition) is 2. The fraction of sp³-hybridized carbons (Fsp3) is 0.235. The quantitative estimate of drug-likeness (QED) is 0.625. The molecule has 24 heavy (non-hydrogen) atoms. The van der Waals surface area contributed by atoms with Crippen LogP contribution in [0.5, 0.6) is 0 Å². The Morgan fingerprint density at radius 1 is 1.33 bits per heavy atom. The Balaban J connectivity index is 1.51. The van der Waals surface area contributed by atoms with E-state index in [0.29, 0.717) is 6.42 Å². The van der Waals surface area contributed by atoms with Gasteiger partial charge >= 0.3 is 0 Å². The molecule has 0 radical (unpaired) electrons. The molecule has 6 nitrogen and oxygen atoms in total. The normalized spacial score (nSPS) is 14.3. The summed E-state index contributed by atoms with van der Waals surface area (Å²) in [6.07, 6.45) is 3.10. The Morgan fingerprint density at radius 2 is 2.25 bits per heavy atom. The third-order valence-electron chi connectivity index (χ3n) is 3.61. The van der Waals surface area contributed by atoms with Gasteiger partial charge in [-0.05, 0) is 36.1 Å². The highest BCUT2D eigenvalue weighted by atomic mass is 32.1. The summed E-state index contributed by atoms with van der Waals surface area (Å²) in [5.74, 6) is -0.0849. The Labute approximate surface area is 144 Å². The van der Waals surface area contributed by atoms with Crippen LogP contribution < -0.4 is 15.6 Å². The van der Waals surface area contributed by atoms with E-state index >= 15 is 0 Å². The molecule has 1 aromatic heterocycles. The Bertz CT molecular complexity index is 743. The highest BCUT2D eigenvalue weighted by Crippen LogP contribution is 2.24. The number of nitrogens with zero attached hydrogens (tertiary/aromatic N) is 2. The summed E-state index contributed by atoms with van der Waals surface area (Å²) in [4.78, 5) is 26.3. The zero-order valence-corrected chi connectivity index (χ0v) is 13.9. The monoisotopic (exact) mass is 342 g/mol. The molecule has 0 aliphatic carbocycles. The third-order valence-corrected chi connectivity index (χ3v) is 4.42. The molecule has 2 amide bonds. The second-order valence-corrected chi connectivity index (χ2v) is 6.34. The number of anilines is 2. The maximum Gasteiger partial charge on any atom is 0.259 e. The van der Waals surface area contributed by atoms with Crippen LogP contribution in [0, 0.1) is 0 Å². The molecular formula is C17H18N4O2S. The van der Waals surface area contributed by atoms with Crippen LogP contribution in [-0.2, 0) is 9.59 Å². The molecule has 1 aliphatic rings. The van der Waals surface area contributed by atoms with Crippen molar-refractivity contribution in [2.45, 2.75) is 12.8 Å². The molecule has 1 fully saturated rings. The van der Waals surface area contributed by atoms with E-state index in [1.54, 1.807) is 22.5 Å². The summed E-state index contributed by atoms with van der Waals surface area (Å²) in [5, 5.41) is 8.90. The maximum absolute atomic E-state index is 11.8. The molecule has 2 N–H and O–H groups in total. The number of amides is 2. The van der Waals surface area contributed by atoms with E-state index in [1.807, 2.05) is 41.8 Å². The van der Waals surface area contributed by atoms with Crippen LogP contribution in [0.15, 0.2) is 46.9 Å². The molecule has 0 saturated carbocycles. The second kappa shape index (κ2) is 7.74. The molecule has 0 bridgehead atoms. The summed E-state index contributed by atoms with van der Waals surface area (Å²) in [5.41, 5.74) is 4.13. The van der Waals surface area contributed by atoms with Crippen LogP contribution in [0.25, 0.3) is 0 Å². The fourth-order valence-corrected chi connectivity index (χ4v) is 3.04. The highest BCUT2D eigenvalue weighted by Gasteiger charge is 2.21. The molecule has 0 atom stereocenters. The average molecular weight is 342 g/mol. The highest BCUT2D eigenvalue weighted by molar-refractivity contribution is 7.11. The van der Waals surface area contributed by atoms with Crippen LogP contribution in [0.3, 0.4) is 0 Å². The molecule has 2 heterocycles. The zero-order chi connectivity index (χ0) is 16.8. The minimum Gasteiger partial charge on any atom is -0.376 e. The van der Waals surface area contributed by atoms with E-state index in [0.717, 1.165) is 29.2 Å². The summed E-state index contributed by atoms with van der Waals surface area (Å²) < 4.78 is 0. The van der Waals surface area contributed by atoms with Gasteiger partial charge in [0.05, 0.1) is 12.8 Å². The van der Waals surface area contributed by atoms with E-state index in [1.165, 1.54) is 0 Å². The van der Waals surface area contributed by atoms with Crippen molar-refractivity contribution in [1.82, 2.24) is 5.43 Å². The van der Waals surface area contributed by atoms with Gasteiger partial charge in [0.25, 0.3) is 5.91 Å². The van der Waals surface area contributed by atoms with Gasteiger partial charge in [-0.3, -0.25) is 9.59 Å². The van der Waals surface area contributed by atoms with Crippen LogP contribution in [-0.4, -0.2) is 31.1 Å². The molecule has 7 heteroatoms. The van der Waals surface area contributed by atoms with Gasteiger partial charge in [-0.1, -0.05) is 12.1 Å². The largest absolute Gasteiger partial charge is 0.376 e. The van der Waals surface area contributed by atoms with Crippen LogP contribution in [0.1, 0.15) is 17.7 Å². The molecule has 3 rings (SSSR count). The lowest BCUT2D eigenvalue weighted by Gasteiger charge is -2.16. The molecule has 1 saturated heterocycles. The molecule has 124 valence electrons. The van der Waals surface area contributed by atoms with Crippen molar-refractivity contribution in [3.8, 4) is 0 Å². The molecule has 2 aromatic rings. The smallest absolute Gasteiger partial charge is 0.259 e. The number of hydrazone groups is 1. The first-order valence-corrected chi connectivity index (χ1v) is 8.60. The van der Waals surface area contributed by atoms with E-state index in [9.17, 15) is 9.59 Å². The van der Waals surface area contributed by atoms with E-state index in [-0.39, 0.29) is 18.4 Å². The summed E-state index contributed by atoms with van der Waals surface area (Å²) >= 11 is 1.55. The lowest BCUT2D eigenvalue weighted by molar-refractivity contribution is -0.119. The van der Waals surface area contributed by atoms with E-state index in [4.69, 9.17) is 0 Å². The standard InChI is InChI=1S/C17H18N4O2S/c22-16(20-19-11-15-6-3-9-24-15)12-18-13-4-1-5-14(10-13)21-8-2-7-17(21)23/h1,3-6,9-11,18H,2,7-8,12H2,(H,20,22)/b19-11+. The van der Waals surface area contributed by atoms with Crippen molar-refractivity contribution in [2.75, 3.05) is 23.3 Å². The second-order valence-electron chi connectivity index (χ2n) is 5.36. The van der Waals surface area contributed by atoms with Crippen molar-refractivity contribution in [3.05, 3.63) is 46.7 Å². The minimum atomic E-state index is -0.231. The lowest BCUT2D eigenvalue weighted by Crippen LogP contribution is -2.26. The van der Waals surface area contributed by atoms with Crippen LogP contribution in [0.4, 0.5) is 11.4 Å². The number of rotatable bonds is 6. The number of hydrogen-bond acceptors (Lipinski definition) is 5. The van der Waals surface area contributed by atoms with Gasteiger partial charge in [0.15, 0.2) is 0 Å². The summed E-state index contributed by atoms with van der Waals surface area (Å²) in [7, 11) is 0. The van der Waals surface area contributed by atoms with Gasteiger partial charge in [-0.25, -0.2) is 5.43 Å². The van der Waals surface area contributed by atoms with Crippen molar-refractivity contribution in [1.29, 1.82) is 0 Å². The van der Waals surface area contributed by atoms with Gasteiger partial charge in [0, 0.05) is 29.2 Å². The zero-order valence-electron chi connectivity index (χ0n) is 13.1. The Kier molecular flexibility index (Phi) is 5.22.